The first-order chi connectivity index (χ1) is 7.27. The van der Waals surface area contributed by atoms with Gasteiger partial charge >= 0.3 is 0 Å². The summed E-state index contributed by atoms with van der Waals surface area (Å²) in [6.45, 7) is 10.1. The molecule has 1 aromatic heterocycles. The number of aromatic nitrogens is 2. The summed E-state index contributed by atoms with van der Waals surface area (Å²) >= 11 is 0. The predicted molar refractivity (Wildman–Crippen MR) is 66.8 cm³/mol. The molecule has 0 atom stereocenters. The van der Waals surface area contributed by atoms with E-state index in [4.69, 9.17) is 0 Å². The van der Waals surface area contributed by atoms with Crippen LogP contribution in [0.5, 0.6) is 0 Å². The summed E-state index contributed by atoms with van der Waals surface area (Å²) in [6, 6.07) is 0. The van der Waals surface area contributed by atoms with Gasteiger partial charge < -0.3 is 0 Å². The Morgan fingerprint density at radius 3 is 2.53 bits per heavy atom. The Bertz CT molecular complexity index is 303. The van der Waals surface area contributed by atoms with Crippen LogP contribution in [0, 0.1) is 6.92 Å². The number of rotatable bonds is 3. The van der Waals surface area contributed by atoms with E-state index in [9.17, 15) is 0 Å². The first-order valence-corrected chi connectivity index (χ1v) is 5.73. The van der Waals surface area contributed by atoms with Gasteiger partial charge in [-0.15, -0.1) is 0 Å². The van der Waals surface area contributed by atoms with Crippen LogP contribution in [0.4, 0.5) is 0 Å². The van der Waals surface area contributed by atoms with Crippen molar-refractivity contribution in [3.8, 4) is 0 Å². The summed E-state index contributed by atoms with van der Waals surface area (Å²) in [5.74, 6) is 0. The van der Waals surface area contributed by atoms with Crippen LogP contribution in [0.1, 0.15) is 51.2 Å². The van der Waals surface area contributed by atoms with Crippen molar-refractivity contribution in [3.05, 3.63) is 29.4 Å². The van der Waals surface area contributed by atoms with Crippen LogP contribution in [-0.2, 0) is 6.42 Å². The number of hydrogen-bond acceptors (Lipinski definition) is 2. The molecule has 0 fully saturated rings. The Morgan fingerprint density at radius 1 is 1.33 bits per heavy atom. The molecule has 0 amide bonds. The third-order valence-corrected chi connectivity index (χ3v) is 1.81. The lowest BCUT2D eigenvalue weighted by Crippen LogP contribution is -1.98. The molecule has 84 valence electrons. The van der Waals surface area contributed by atoms with Crippen molar-refractivity contribution >= 4 is 6.08 Å². The van der Waals surface area contributed by atoms with E-state index in [1.54, 1.807) is 0 Å². The van der Waals surface area contributed by atoms with E-state index in [0.717, 1.165) is 29.9 Å². The van der Waals surface area contributed by atoms with Crippen LogP contribution in [0.2, 0.25) is 0 Å². The van der Waals surface area contributed by atoms with Gasteiger partial charge in [-0.3, -0.25) is 9.97 Å². The summed E-state index contributed by atoms with van der Waals surface area (Å²) in [6.07, 6.45) is 7.95. The Labute approximate surface area is 93.5 Å². The largest absolute Gasteiger partial charge is 0.254 e. The molecule has 15 heavy (non-hydrogen) atoms. The molecule has 2 heteroatoms. The third kappa shape index (κ3) is 4.73. The molecule has 0 saturated heterocycles. The molecule has 0 aliphatic carbocycles. The topological polar surface area (TPSA) is 25.8 Å². The quantitative estimate of drug-likeness (QED) is 0.751. The van der Waals surface area contributed by atoms with Gasteiger partial charge in [0.1, 0.15) is 0 Å². The van der Waals surface area contributed by atoms with Gasteiger partial charge in [-0.05, 0) is 26.3 Å². The van der Waals surface area contributed by atoms with Crippen molar-refractivity contribution < 1.29 is 0 Å². The van der Waals surface area contributed by atoms with Crippen LogP contribution in [0.15, 0.2) is 12.3 Å². The number of hydrogen-bond donors (Lipinski definition) is 0. The van der Waals surface area contributed by atoms with Crippen LogP contribution < -0.4 is 0 Å². The van der Waals surface area contributed by atoms with Crippen molar-refractivity contribution in [2.45, 2.75) is 47.5 Å². The predicted octanol–water partition coefficient (Wildman–Crippen LogP) is 3.80. The van der Waals surface area contributed by atoms with Crippen LogP contribution in [0.3, 0.4) is 0 Å². The molecule has 0 aliphatic heterocycles. The minimum Gasteiger partial charge on any atom is -0.254 e. The Kier molecular flexibility index (Phi) is 7.51. The van der Waals surface area contributed by atoms with Crippen molar-refractivity contribution in [2.24, 2.45) is 0 Å². The van der Waals surface area contributed by atoms with Crippen LogP contribution >= 0.6 is 0 Å². The van der Waals surface area contributed by atoms with E-state index in [2.05, 4.69) is 16.9 Å². The van der Waals surface area contributed by atoms with Gasteiger partial charge in [-0.25, -0.2) is 0 Å². The molecular formula is C13H22N2. The van der Waals surface area contributed by atoms with Crippen LogP contribution in [-0.4, -0.2) is 9.97 Å². The van der Waals surface area contributed by atoms with Gasteiger partial charge in [0.25, 0.3) is 0 Å². The highest BCUT2D eigenvalue weighted by Crippen LogP contribution is 2.08. The zero-order valence-electron chi connectivity index (χ0n) is 10.5. The smallest absolute Gasteiger partial charge is 0.0841 e. The molecule has 0 radical (unpaired) electrons. The minimum atomic E-state index is 0.997. The van der Waals surface area contributed by atoms with Gasteiger partial charge in [-0.2, -0.15) is 0 Å². The van der Waals surface area contributed by atoms with Crippen molar-refractivity contribution in [3.63, 3.8) is 0 Å². The molecule has 0 spiro atoms. The highest BCUT2D eigenvalue weighted by molar-refractivity contribution is 5.46. The van der Waals surface area contributed by atoms with Gasteiger partial charge in [0.05, 0.1) is 17.1 Å². The maximum atomic E-state index is 4.47. The normalized spacial score (nSPS) is 9.93. The van der Waals surface area contributed by atoms with Gasteiger partial charge in [0, 0.05) is 6.20 Å². The molecule has 0 saturated carbocycles. The molecule has 1 aromatic rings. The summed E-state index contributed by atoms with van der Waals surface area (Å²) in [5.41, 5.74) is 3.12. The van der Waals surface area contributed by atoms with E-state index < -0.39 is 0 Å². The molecule has 0 aromatic carbocycles. The highest BCUT2D eigenvalue weighted by Gasteiger charge is 2.01. The second-order valence-electron chi connectivity index (χ2n) is 3.09. The molecule has 2 nitrogen and oxygen atoms in total. The summed E-state index contributed by atoms with van der Waals surface area (Å²) in [5, 5.41) is 0. The van der Waals surface area contributed by atoms with E-state index in [0.29, 0.717) is 0 Å². The number of nitrogens with zero attached hydrogens (tertiary/aromatic N) is 2. The standard InChI is InChI=1S/C11H16N2.C2H6/c1-4-6-10-11(7-5-2)13-9(3)8-12-10;1-2/h4,6,8H,5,7H2,1-3H3;1-2H3/b6-4-;. The summed E-state index contributed by atoms with van der Waals surface area (Å²) in [4.78, 5) is 8.80. The lowest BCUT2D eigenvalue weighted by atomic mass is 10.2. The van der Waals surface area contributed by atoms with E-state index in [1.807, 2.05) is 46.0 Å². The molecule has 0 unspecified atom stereocenters. The van der Waals surface area contributed by atoms with E-state index in [1.165, 1.54) is 0 Å². The molecule has 1 rings (SSSR count). The minimum absolute atomic E-state index is 0.997. The van der Waals surface area contributed by atoms with Crippen LogP contribution in [0.25, 0.3) is 6.08 Å². The number of allylic oxidation sites excluding steroid dienone is 1. The lowest BCUT2D eigenvalue weighted by molar-refractivity contribution is 0.855. The average molecular weight is 206 g/mol. The zero-order chi connectivity index (χ0) is 11.7. The van der Waals surface area contributed by atoms with Crippen molar-refractivity contribution in [2.75, 3.05) is 0 Å². The maximum Gasteiger partial charge on any atom is 0.0841 e. The van der Waals surface area contributed by atoms with Gasteiger partial charge in [-0.1, -0.05) is 33.3 Å². The first-order valence-electron chi connectivity index (χ1n) is 5.73. The van der Waals surface area contributed by atoms with Crippen molar-refractivity contribution in [1.82, 2.24) is 9.97 Å². The van der Waals surface area contributed by atoms with Gasteiger partial charge in [0.2, 0.25) is 0 Å². The summed E-state index contributed by atoms with van der Waals surface area (Å²) in [7, 11) is 0. The van der Waals surface area contributed by atoms with Crippen molar-refractivity contribution in [1.29, 1.82) is 0 Å². The Morgan fingerprint density at radius 2 is 2.00 bits per heavy atom. The second-order valence-corrected chi connectivity index (χ2v) is 3.09. The lowest BCUT2D eigenvalue weighted by Gasteiger charge is -2.03. The molecule has 0 N–H and O–H groups in total. The SMILES string of the molecule is C/C=C\c1ncc(C)nc1CCC.CC. The number of aryl methyl sites for hydroxylation is 2. The van der Waals surface area contributed by atoms with E-state index >= 15 is 0 Å². The Hall–Kier alpha value is -1.18. The monoisotopic (exact) mass is 206 g/mol. The fourth-order valence-electron chi connectivity index (χ4n) is 1.25. The average Bonchev–Trinajstić information content (AvgIpc) is 2.26. The first kappa shape index (κ1) is 13.8. The fourth-order valence-corrected chi connectivity index (χ4v) is 1.25. The highest BCUT2D eigenvalue weighted by atomic mass is 14.8. The molecule has 0 bridgehead atoms. The third-order valence-electron chi connectivity index (χ3n) is 1.81. The van der Waals surface area contributed by atoms with Gasteiger partial charge in [0.15, 0.2) is 0 Å². The maximum absolute atomic E-state index is 4.47. The fraction of sp³-hybridized carbons (Fsp3) is 0.538. The van der Waals surface area contributed by atoms with E-state index in [-0.39, 0.29) is 0 Å². The zero-order valence-corrected chi connectivity index (χ0v) is 10.5. The Balaban J connectivity index is 0.000000921. The molecule has 1 heterocycles. The molecular weight excluding hydrogens is 184 g/mol. The second kappa shape index (κ2) is 8.16. The summed E-state index contributed by atoms with van der Waals surface area (Å²) < 4.78 is 0. The molecule has 0 aliphatic rings.